The zero-order valence-corrected chi connectivity index (χ0v) is 13.4. The van der Waals surface area contributed by atoms with E-state index in [1.54, 1.807) is 18.2 Å². The highest BCUT2D eigenvalue weighted by Crippen LogP contribution is 2.23. The van der Waals surface area contributed by atoms with Gasteiger partial charge in [-0.05, 0) is 37.1 Å². The van der Waals surface area contributed by atoms with Gasteiger partial charge >= 0.3 is 0 Å². The third kappa shape index (κ3) is 4.20. The molecule has 1 saturated heterocycles. The van der Waals surface area contributed by atoms with Crippen molar-refractivity contribution in [2.45, 2.75) is 12.8 Å². The van der Waals surface area contributed by atoms with Crippen molar-refractivity contribution in [3.8, 4) is 5.75 Å². The van der Waals surface area contributed by atoms with Crippen molar-refractivity contribution >= 4 is 23.7 Å². The lowest BCUT2D eigenvalue weighted by Crippen LogP contribution is -2.38. The van der Waals surface area contributed by atoms with Crippen molar-refractivity contribution in [1.82, 2.24) is 10.2 Å². The van der Waals surface area contributed by atoms with Crippen molar-refractivity contribution in [3.05, 3.63) is 47.1 Å². The SMILES string of the molecule is O=Cc1cccc(OCC2CCCN(c3ccc(Cl)nn3)C2)c1. The summed E-state index contributed by atoms with van der Waals surface area (Å²) in [4.78, 5) is 13.0. The van der Waals surface area contributed by atoms with Gasteiger partial charge < -0.3 is 9.64 Å². The number of hydrogen-bond acceptors (Lipinski definition) is 5. The van der Waals surface area contributed by atoms with E-state index in [0.29, 0.717) is 23.2 Å². The topological polar surface area (TPSA) is 55.3 Å². The summed E-state index contributed by atoms with van der Waals surface area (Å²) in [6.07, 6.45) is 3.03. The van der Waals surface area contributed by atoms with Crippen LogP contribution in [0.5, 0.6) is 5.75 Å². The number of hydrogen-bond donors (Lipinski definition) is 0. The lowest BCUT2D eigenvalue weighted by Gasteiger charge is -2.33. The van der Waals surface area contributed by atoms with Crippen LogP contribution in [-0.2, 0) is 0 Å². The summed E-state index contributed by atoms with van der Waals surface area (Å²) >= 11 is 5.78. The first-order chi connectivity index (χ1) is 11.2. The number of halogens is 1. The summed E-state index contributed by atoms with van der Waals surface area (Å²) in [7, 11) is 0. The molecule has 2 aromatic rings. The van der Waals surface area contributed by atoms with Crippen LogP contribution in [0.1, 0.15) is 23.2 Å². The van der Waals surface area contributed by atoms with Gasteiger partial charge in [-0.3, -0.25) is 4.79 Å². The number of carbonyl (C=O) groups excluding carboxylic acids is 1. The number of aldehydes is 1. The Morgan fingerprint density at radius 2 is 2.22 bits per heavy atom. The Bertz CT molecular complexity index is 663. The van der Waals surface area contributed by atoms with Crippen LogP contribution in [-0.4, -0.2) is 36.2 Å². The molecule has 1 aliphatic rings. The molecule has 120 valence electrons. The average molecular weight is 332 g/mol. The van der Waals surface area contributed by atoms with Gasteiger partial charge in [0.1, 0.15) is 12.0 Å². The lowest BCUT2D eigenvalue weighted by atomic mass is 9.99. The summed E-state index contributed by atoms with van der Waals surface area (Å²) < 4.78 is 5.85. The predicted octanol–water partition coefficient (Wildman–Crippen LogP) is 3.24. The fraction of sp³-hybridized carbons (Fsp3) is 0.353. The van der Waals surface area contributed by atoms with Gasteiger partial charge in [0.15, 0.2) is 11.0 Å². The van der Waals surface area contributed by atoms with Crippen LogP contribution >= 0.6 is 11.6 Å². The van der Waals surface area contributed by atoms with Crippen molar-refractivity contribution in [3.63, 3.8) is 0 Å². The molecule has 0 N–H and O–H groups in total. The minimum Gasteiger partial charge on any atom is -0.493 e. The molecule has 0 radical (unpaired) electrons. The Morgan fingerprint density at radius 1 is 1.30 bits per heavy atom. The molecule has 1 aliphatic heterocycles. The number of benzene rings is 1. The van der Waals surface area contributed by atoms with E-state index in [0.717, 1.165) is 43.8 Å². The minimum atomic E-state index is 0.403. The van der Waals surface area contributed by atoms with Gasteiger partial charge in [-0.15, -0.1) is 10.2 Å². The third-order valence-electron chi connectivity index (χ3n) is 3.94. The second-order valence-electron chi connectivity index (χ2n) is 5.67. The Morgan fingerprint density at radius 3 is 3.00 bits per heavy atom. The van der Waals surface area contributed by atoms with E-state index in [4.69, 9.17) is 16.3 Å². The van der Waals surface area contributed by atoms with Gasteiger partial charge in [0.05, 0.1) is 6.61 Å². The Kier molecular flexibility index (Phi) is 5.08. The Balaban J connectivity index is 1.58. The van der Waals surface area contributed by atoms with Crippen molar-refractivity contribution in [2.24, 2.45) is 5.92 Å². The number of rotatable bonds is 5. The second-order valence-corrected chi connectivity index (χ2v) is 6.06. The number of aromatic nitrogens is 2. The first-order valence-corrected chi connectivity index (χ1v) is 8.04. The standard InChI is InChI=1S/C17H18ClN3O2/c18-16-6-7-17(20-19-16)21-8-2-4-14(10-21)12-23-15-5-1-3-13(9-15)11-22/h1,3,5-7,9,11,14H,2,4,8,10,12H2. The van der Waals surface area contributed by atoms with Crippen LogP contribution in [0.4, 0.5) is 5.82 Å². The monoisotopic (exact) mass is 331 g/mol. The number of piperidine rings is 1. The maximum absolute atomic E-state index is 10.8. The van der Waals surface area contributed by atoms with E-state index >= 15 is 0 Å². The van der Waals surface area contributed by atoms with Crippen LogP contribution < -0.4 is 9.64 Å². The molecule has 0 aliphatic carbocycles. The molecule has 6 heteroatoms. The van der Waals surface area contributed by atoms with Crippen LogP contribution in [0, 0.1) is 5.92 Å². The Hall–Kier alpha value is -2.14. The van der Waals surface area contributed by atoms with E-state index in [-0.39, 0.29) is 0 Å². The summed E-state index contributed by atoms with van der Waals surface area (Å²) in [6.45, 7) is 2.47. The third-order valence-corrected chi connectivity index (χ3v) is 4.14. The number of ether oxygens (including phenoxy) is 1. The molecule has 0 amide bonds. The molecule has 3 rings (SSSR count). The van der Waals surface area contributed by atoms with E-state index < -0.39 is 0 Å². The molecule has 0 bridgehead atoms. The summed E-state index contributed by atoms with van der Waals surface area (Å²) in [6, 6.07) is 10.9. The predicted molar refractivity (Wildman–Crippen MR) is 89.3 cm³/mol. The second kappa shape index (κ2) is 7.42. The molecule has 5 nitrogen and oxygen atoms in total. The summed E-state index contributed by atoms with van der Waals surface area (Å²) in [5.41, 5.74) is 0.629. The van der Waals surface area contributed by atoms with E-state index in [2.05, 4.69) is 15.1 Å². The highest BCUT2D eigenvalue weighted by Gasteiger charge is 2.21. The van der Waals surface area contributed by atoms with Crippen molar-refractivity contribution in [2.75, 3.05) is 24.6 Å². The van der Waals surface area contributed by atoms with Gasteiger partial charge in [-0.1, -0.05) is 23.7 Å². The number of anilines is 1. The molecule has 2 heterocycles. The molecule has 1 atom stereocenters. The van der Waals surface area contributed by atoms with E-state index in [1.165, 1.54) is 0 Å². The van der Waals surface area contributed by atoms with Crippen LogP contribution in [0.2, 0.25) is 5.15 Å². The molecule has 1 fully saturated rings. The summed E-state index contributed by atoms with van der Waals surface area (Å²) in [5, 5.41) is 8.45. The molecular weight excluding hydrogens is 314 g/mol. The van der Waals surface area contributed by atoms with Crippen LogP contribution in [0.3, 0.4) is 0 Å². The molecule has 1 aromatic heterocycles. The lowest BCUT2D eigenvalue weighted by molar-refractivity contribution is 0.112. The van der Waals surface area contributed by atoms with Gasteiger partial charge in [0.2, 0.25) is 0 Å². The molecule has 1 aromatic carbocycles. The normalized spacial score (nSPS) is 17.8. The van der Waals surface area contributed by atoms with Gasteiger partial charge in [0.25, 0.3) is 0 Å². The first kappa shape index (κ1) is 15.7. The number of nitrogens with zero attached hydrogens (tertiary/aromatic N) is 3. The smallest absolute Gasteiger partial charge is 0.151 e. The van der Waals surface area contributed by atoms with E-state index in [1.807, 2.05) is 18.2 Å². The largest absolute Gasteiger partial charge is 0.493 e. The average Bonchev–Trinajstić information content (AvgIpc) is 2.61. The molecule has 1 unspecified atom stereocenters. The van der Waals surface area contributed by atoms with Crippen molar-refractivity contribution < 1.29 is 9.53 Å². The van der Waals surface area contributed by atoms with Crippen LogP contribution in [0.15, 0.2) is 36.4 Å². The Labute approximate surface area is 140 Å². The molecule has 0 saturated carbocycles. The van der Waals surface area contributed by atoms with Crippen LogP contribution in [0.25, 0.3) is 0 Å². The van der Waals surface area contributed by atoms with E-state index in [9.17, 15) is 4.79 Å². The quantitative estimate of drug-likeness (QED) is 0.787. The number of carbonyl (C=O) groups is 1. The maximum atomic E-state index is 10.8. The molecule has 23 heavy (non-hydrogen) atoms. The fourth-order valence-corrected chi connectivity index (χ4v) is 2.88. The highest BCUT2D eigenvalue weighted by atomic mass is 35.5. The van der Waals surface area contributed by atoms with Crippen molar-refractivity contribution in [1.29, 1.82) is 0 Å². The molecule has 0 spiro atoms. The van der Waals surface area contributed by atoms with Gasteiger partial charge in [-0.25, -0.2) is 0 Å². The zero-order valence-electron chi connectivity index (χ0n) is 12.7. The minimum absolute atomic E-state index is 0.403. The first-order valence-electron chi connectivity index (χ1n) is 7.67. The molecular formula is C17H18ClN3O2. The summed E-state index contributed by atoms with van der Waals surface area (Å²) in [5.74, 6) is 2.00. The fourth-order valence-electron chi connectivity index (χ4n) is 2.78. The zero-order chi connectivity index (χ0) is 16.1. The van der Waals surface area contributed by atoms with Gasteiger partial charge in [-0.2, -0.15) is 0 Å². The highest BCUT2D eigenvalue weighted by molar-refractivity contribution is 6.29. The van der Waals surface area contributed by atoms with Gasteiger partial charge in [0, 0.05) is 24.6 Å². The maximum Gasteiger partial charge on any atom is 0.151 e.